The quantitative estimate of drug-likeness (QED) is 0.0473. The number of Topliss-reactive ketones (excluding diaryl/α,β-unsaturated/α-hetero) is 1. The minimum atomic E-state index is -1.38. The Hall–Kier alpha value is -3.52. The van der Waals surface area contributed by atoms with Gasteiger partial charge in [-0.15, -0.1) is 0 Å². The van der Waals surface area contributed by atoms with Crippen molar-refractivity contribution in [1.82, 2.24) is 10.6 Å². The number of carboxylic acid groups (broad SMARTS) is 1. The van der Waals surface area contributed by atoms with E-state index in [1.54, 1.807) is 6.92 Å². The average molecular weight is 571 g/mol. The van der Waals surface area contributed by atoms with Crippen LogP contribution in [0, 0.1) is 5.92 Å². The molecule has 8 heteroatoms. The molecule has 0 fully saturated rings. The molecule has 0 rings (SSSR count). The summed E-state index contributed by atoms with van der Waals surface area (Å²) in [7, 11) is 0. The summed E-state index contributed by atoms with van der Waals surface area (Å²) in [5, 5.41) is 14.3. The minimum absolute atomic E-state index is 0.134. The smallest absolute Gasteiger partial charge is 0.338 e. The number of carbonyl (C=O) groups is 4. The monoisotopic (exact) mass is 570 g/mol. The van der Waals surface area contributed by atoms with Crippen LogP contribution >= 0.6 is 0 Å². The topological polar surface area (TPSA) is 122 Å². The summed E-state index contributed by atoms with van der Waals surface area (Å²) >= 11 is 0. The van der Waals surface area contributed by atoms with Gasteiger partial charge in [-0.1, -0.05) is 89.0 Å². The van der Waals surface area contributed by atoms with E-state index in [0.717, 1.165) is 25.7 Å². The van der Waals surface area contributed by atoms with Gasteiger partial charge in [0.25, 0.3) is 0 Å². The average Bonchev–Trinajstić information content (AvgIpc) is 2.92. The van der Waals surface area contributed by atoms with Crippen LogP contribution in [-0.4, -0.2) is 47.4 Å². The molecule has 2 unspecified atom stereocenters. The molecule has 0 saturated heterocycles. The van der Waals surface area contributed by atoms with Gasteiger partial charge in [0.15, 0.2) is 5.78 Å². The van der Waals surface area contributed by atoms with Gasteiger partial charge in [-0.25, -0.2) is 4.79 Å². The number of nitrogens with one attached hydrogen (secondary N) is 2. The maximum atomic E-state index is 12.9. The highest BCUT2D eigenvalue weighted by Crippen LogP contribution is 2.09. The fourth-order valence-electron chi connectivity index (χ4n) is 3.54. The fraction of sp³-hybridized carbons (Fsp3) is 0.515. The molecular formula is C33H50N2O6. The lowest BCUT2D eigenvalue weighted by atomic mass is 10.0. The zero-order valence-electron chi connectivity index (χ0n) is 25.5. The maximum Gasteiger partial charge on any atom is 0.338 e. The van der Waals surface area contributed by atoms with Gasteiger partial charge in [-0.05, 0) is 57.8 Å². The van der Waals surface area contributed by atoms with E-state index in [2.05, 4.69) is 66.7 Å². The molecule has 0 spiro atoms. The number of allylic oxidation sites excluding steroid dienone is 9. The molecular weight excluding hydrogens is 520 g/mol. The normalized spacial score (nSPS) is 13.9. The molecule has 228 valence electrons. The van der Waals surface area contributed by atoms with Gasteiger partial charge in [0.2, 0.25) is 11.8 Å². The summed E-state index contributed by atoms with van der Waals surface area (Å²) in [5.74, 6) is -2.66. The number of hydrogen-bond acceptors (Lipinski definition) is 5. The molecule has 0 aromatic carbocycles. The maximum absolute atomic E-state index is 12.9. The number of hydrogen-bond donors (Lipinski definition) is 3. The van der Waals surface area contributed by atoms with Crippen LogP contribution in [0.3, 0.4) is 0 Å². The highest BCUT2D eigenvalue weighted by molar-refractivity contribution is 6.16. The molecule has 3 N–H and O–H groups in total. The molecule has 8 nitrogen and oxygen atoms in total. The van der Waals surface area contributed by atoms with Crippen molar-refractivity contribution in [3.8, 4) is 0 Å². The number of rotatable bonds is 22. The number of amides is 2. The van der Waals surface area contributed by atoms with Crippen molar-refractivity contribution < 1.29 is 29.0 Å². The second-order valence-electron chi connectivity index (χ2n) is 10.0. The molecule has 2 amide bonds. The third-order valence-corrected chi connectivity index (χ3v) is 5.83. The predicted octanol–water partition coefficient (Wildman–Crippen LogP) is 6.13. The fourth-order valence-corrected chi connectivity index (χ4v) is 3.54. The molecule has 0 bridgehead atoms. The van der Waals surface area contributed by atoms with Crippen molar-refractivity contribution in [1.29, 1.82) is 0 Å². The molecule has 0 saturated carbocycles. The van der Waals surface area contributed by atoms with E-state index in [0.29, 0.717) is 31.6 Å². The highest BCUT2D eigenvalue weighted by atomic mass is 16.5. The Kier molecular flexibility index (Phi) is 21.2. The van der Waals surface area contributed by atoms with Gasteiger partial charge in [0.05, 0.1) is 12.2 Å². The zero-order chi connectivity index (χ0) is 31.0. The molecule has 2 atom stereocenters. The summed E-state index contributed by atoms with van der Waals surface area (Å²) in [6, 6.07) is -0.789. The van der Waals surface area contributed by atoms with Gasteiger partial charge >= 0.3 is 5.97 Å². The molecule has 0 aromatic heterocycles. The minimum Gasteiger partial charge on any atom is -0.478 e. The van der Waals surface area contributed by atoms with Crippen molar-refractivity contribution in [2.75, 3.05) is 6.61 Å². The number of ketones is 1. The number of aliphatic carboxylic acids is 1. The summed E-state index contributed by atoms with van der Waals surface area (Å²) in [6.45, 7) is 13.1. The first-order valence-electron chi connectivity index (χ1n) is 14.5. The summed E-state index contributed by atoms with van der Waals surface area (Å²) in [4.78, 5) is 48.5. The van der Waals surface area contributed by atoms with Gasteiger partial charge < -0.3 is 20.5 Å². The highest BCUT2D eigenvalue weighted by Gasteiger charge is 2.26. The van der Waals surface area contributed by atoms with Crippen molar-refractivity contribution in [2.24, 2.45) is 5.92 Å². The van der Waals surface area contributed by atoms with E-state index in [1.807, 2.05) is 26.8 Å². The van der Waals surface area contributed by atoms with E-state index in [1.165, 1.54) is 6.08 Å². The van der Waals surface area contributed by atoms with Crippen molar-refractivity contribution >= 4 is 23.6 Å². The summed E-state index contributed by atoms with van der Waals surface area (Å²) in [6.07, 6.45) is 22.9. The molecule has 0 heterocycles. The van der Waals surface area contributed by atoms with Crippen LogP contribution in [0.4, 0.5) is 0 Å². The van der Waals surface area contributed by atoms with E-state index in [9.17, 15) is 19.2 Å². The first-order valence-corrected chi connectivity index (χ1v) is 14.5. The lowest BCUT2D eigenvalue weighted by molar-refractivity contribution is -0.137. The lowest BCUT2D eigenvalue weighted by Gasteiger charge is -2.23. The predicted molar refractivity (Wildman–Crippen MR) is 165 cm³/mol. The van der Waals surface area contributed by atoms with Gasteiger partial charge in [0.1, 0.15) is 12.1 Å². The summed E-state index contributed by atoms with van der Waals surface area (Å²) in [5.41, 5.74) is -0.135. The second-order valence-corrected chi connectivity index (χ2v) is 10.0. The molecule has 0 aliphatic carbocycles. The van der Waals surface area contributed by atoms with E-state index < -0.39 is 35.4 Å². The van der Waals surface area contributed by atoms with E-state index in [-0.39, 0.29) is 18.2 Å². The van der Waals surface area contributed by atoms with Crippen LogP contribution in [0.15, 0.2) is 72.5 Å². The van der Waals surface area contributed by atoms with Crippen molar-refractivity contribution in [2.45, 2.75) is 98.1 Å². The molecule has 0 radical (unpaired) electrons. The first-order chi connectivity index (χ1) is 19.5. The van der Waals surface area contributed by atoms with Gasteiger partial charge in [-0.3, -0.25) is 14.4 Å². The van der Waals surface area contributed by atoms with Crippen molar-refractivity contribution in [3.05, 3.63) is 72.5 Å². The van der Waals surface area contributed by atoms with Crippen LogP contribution in [0.25, 0.3) is 0 Å². The lowest BCUT2D eigenvalue weighted by Crippen LogP contribution is -2.50. The van der Waals surface area contributed by atoms with Gasteiger partial charge in [0, 0.05) is 12.1 Å². The van der Waals surface area contributed by atoms with Crippen LogP contribution in [0.5, 0.6) is 0 Å². The van der Waals surface area contributed by atoms with E-state index in [4.69, 9.17) is 9.84 Å². The molecule has 0 aliphatic heterocycles. The van der Waals surface area contributed by atoms with Crippen LogP contribution in [0.2, 0.25) is 0 Å². The first kappa shape index (κ1) is 37.5. The Labute approximate surface area is 246 Å². The SMILES string of the molecule is C=C(C(=O)O)C(=O)C/C=C(\C)NC(=O)C(CC(C)C)NC(=O)C(CC)OCCC=CCC=CCC=CCC=CCC. The Morgan fingerprint density at radius 1 is 0.878 bits per heavy atom. The van der Waals surface area contributed by atoms with E-state index >= 15 is 0 Å². The molecule has 41 heavy (non-hydrogen) atoms. The Balaban J connectivity index is 4.70. The van der Waals surface area contributed by atoms with Crippen LogP contribution < -0.4 is 10.6 Å². The standard InChI is InChI=1S/C33H50N2O6/c1-7-9-10-11-12-13-14-15-16-17-18-19-20-23-41-30(8-2)32(38)35-28(24-25(3)4)31(37)34-26(5)21-22-29(36)27(6)33(39)40/h9-10,12-13,15-16,18-19,21,25,28,30H,6-8,11,14,17,20,22-24H2,1-5H3,(H,34,37)(H,35,38)(H,39,40)/b10-9?,13-12?,16-15?,19-18?,26-21+. The summed E-state index contributed by atoms with van der Waals surface area (Å²) < 4.78 is 5.79. The van der Waals surface area contributed by atoms with Crippen LogP contribution in [0.1, 0.15) is 86.0 Å². The Morgan fingerprint density at radius 3 is 1.95 bits per heavy atom. The van der Waals surface area contributed by atoms with Crippen molar-refractivity contribution in [3.63, 3.8) is 0 Å². The number of ether oxygens (including phenoxy) is 1. The zero-order valence-corrected chi connectivity index (χ0v) is 25.5. The third kappa shape index (κ3) is 19.2. The van der Waals surface area contributed by atoms with Gasteiger partial charge in [-0.2, -0.15) is 0 Å². The third-order valence-electron chi connectivity index (χ3n) is 5.83. The number of carbonyl (C=O) groups excluding carboxylic acids is 3. The second kappa shape index (κ2) is 23.2. The molecule has 0 aromatic rings. The number of carboxylic acids is 1. The van der Waals surface area contributed by atoms with Crippen LogP contribution in [-0.2, 0) is 23.9 Å². The Morgan fingerprint density at radius 2 is 1.44 bits per heavy atom. The molecule has 0 aliphatic rings. The Bertz CT molecular complexity index is 988. The largest absolute Gasteiger partial charge is 0.478 e.